The van der Waals surface area contributed by atoms with Crippen LogP contribution in [0.15, 0.2) is 44.3 Å². The molecule has 0 radical (unpaired) electrons. The van der Waals surface area contributed by atoms with Crippen LogP contribution in [0.2, 0.25) is 0 Å². The maximum atomic E-state index is 13.2. The number of carbonyl (C=O) groups excluding carboxylic acids is 1. The van der Waals surface area contributed by atoms with E-state index in [9.17, 15) is 18.0 Å². The largest absolute Gasteiger partial charge is 0.421 e. The second kappa shape index (κ2) is 8.43. The Balaban J connectivity index is 1.52. The number of hydrogen-bond acceptors (Lipinski definition) is 6. The summed E-state index contributed by atoms with van der Waals surface area (Å²) in [6.07, 6.45) is -3.48. The van der Waals surface area contributed by atoms with E-state index < -0.39 is 11.7 Å². The highest BCUT2D eigenvalue weighted by Gasteiger charge is 2.33. The minimum absolute atomic E-state index is 0.0694. The summed E-state index contributed by atoms with van der Waals surface area (Å²) in [5.41, 5.74) is 0.373. The van der Waals surface area contributed by atoms with Crippen molar-refractivity contribution in [2.75, 3.05) is 11.4 Å². The lowest BCUT2D eigenvalue weighted by Crippen LogP contribution is -2.32. The van der Waals surface area contributed by atoms with Gasteiger partial charge in [-0.05, 0) is 36.1 Å². The number of rotatable bonds is 4. The number of thioether (sulfide) groups is 1. The van der Waals surface area contributed by atoms with Crippen molar-refractivity contribution >= 4 is 34.7 Å². The smallest absolute Gasteiger partial charge is 0.416 e. The number of alkyl halides is 3. The molecule has 1 amide bonds. The Bertz CT molecular complexity index is 1030. The van der Waals surface area contributed by atoms with E-state index in [1.165, 1.54) is 34.1 Å². The first-order valence-corrected chi connectivity index (χ1v) is 11.2. The number of thiophene rings is 1. The van der Waals surface area contributed by atoms with Gasteiger partial charge in [-0.3, -0.25) is 4.79 Å². The second-order valence-corrected chi connectivity index (χ2v) is 9.22. The van der Waals surface area contributed by atoms with Crippen molar-refractivity contribution < 1.29 is 22.4 Å². The number of halogens is 3. The normalized spacial score (nSPS) is 16.9. The van der Waals surface area contributed by atoms with Crippen molar-refractivity contribution in [3.05, 3.63) is 46.5 Å². The van der Waals surface area contributed by atoms with Gasteiger partial charge in [-0.25, -0.2) is 0 Å². The van der Waals surface area contributed by atoms with E-state index in [1.54, 1.807) is 0 Å². The second-order valence-electron chi connectivity index (χ2n) is 6.96. The van der Waals surface area contributed by atoms with Gasteiger partial charge in [0.1, 0.15) is 0 Å². The number of fused-ring (bicyclic) bond motifs is 1. The van der Waals surface area contributed by atoms with Crippen molar-refractivity contribution in [1.82, 2.24) is 10.2 Å². The zero-order chi connectivity index (χ0) is 21.3. The van der Waals surface area contributed by atoms with Crippen molar-refractivity contribution in [2.45, 2.75) is 42.5 Å². The van der Waals surface area contributed by atoms with E-state index in [-0.39, 0.29) is 24.0 Å². The molecule has 0 spiro atoms. The summed E-state index contributed by atoms with van der Waals surface area (Å²) in [5.74, 6) is 0.450. The van der Waals surface area contributed by atoms with Crippen LogP contribution in [-0.2, 0) is 17.4 Å². The fraction of sp³-hybridized carbons (Fsp3) is 0.350. The van der Waals surface area contributed by atoms with Crippen LogP contribution in [-0.4, -0.2) is 27.9 Å². The van der Waals surface area contributed by atoms with Gasteiger partial charge in [-0.1, -0.05) is 6.92 Å². The first kappa shape index (κ1) is 20.9. The number of hydrogen-bond donors (Lipinski definition) is 0. The van der Waals surface area contributed by atoms with Crippen molar-refractivity contribution in [3.63, 3.8) is 0 Å². The molecule has 1 aromatic carbocycles. The minimum atomic E-state index is -4.46. The van der Waals surface area contributed by atoms with Crippen LogP contribution in [0.4, 0.5) is 18.9 Å². The van der Waals surface area contributed by atoms with Crippen LogP contribution >= 0.6 is 23.1 Å². The molecule has 2 aromatic heterocycles. The standard InChI is InChI=1S/C20H18F3N3O2S2/c1-12-6-8-26(15-10-14(20(21,22)23)2-3-16(15)30-12)18(27)5-4-17-24-25-19(28-17)13-7-9-29-11-13/h2-3,7,9-12H,4-6,8H2,1H3. The molecule has 0 N–H and O–H groups in total. The molecule has 0 fully saturated rings. The molecule has 1 aliphatic rings. The number of aryl methyl sites for hydroxylation is 1. The zero-order valence-corrected chi connectivity index (χ0v) is 17.6. The predicted octanol–water partition coefficient (Wildman–Crippen LogP) is 5.67. The lowest BCUT2D eigenvalue weighted by atomic mass is 10.1. The van der Waals surface area contributed by atoms with Gasteiger partial charge in [0.15, 0.2) is 0 Å². The van der Waals surface area contributed by atoms with Crippen LogP contribution in [0.3, 0.4) is 0 Å². The van der Waals surface area contributed by atoms with Gasteiger partial charge in [-0.2, -0.15) is 24.5 Å². The molecule has 4 rings (SSSR count). The predicted molar refractivity (Wildman–Crippen MR) is 110 cm³/mol. The molecule has 30 heavy (non-hydrogen) atoms. The lowest BCUT2D eigenvalue weighted by molar-refractivity contribution is -0.137. The summed E-state index contributed by atoms with van der Waals surface area (Å²) in [5, 5.41) is 11.9. The monoisotopic (exact) mass is 453 g/mol. The van der Waals surface area contributed by atoms with E-state index in [2.05, 4.69) is 10.2 Å². The summed E-state index contributed by atoms with van der Waals surface area (Å²) in [4.78, 5) is 15.1. The molecule has 1 aliphatic heterocycles. The Morgan fingerprint density at radius 1 is 1.30 bits per heavy atom. The van der Waals surface area contributed by atoms with Crippen molar-refractivity contribution in [3.8, 4) is 11.5 Å². The van der Waals surface area contributed by atoms with E-state index in [4.69, 9.17) is 4.42 Å². The third kappa shape index (κ3) is 4.54. The molecule has 158 valence electrons. The van der Waals surface area contributed by atoms with Gasteiger partial charge < -0.3 is 9.32 Å². The third-order valence-electron chi connectivity index (χ3n) is 4.75. The number of amides is 1. The molecule has 0 bridgehead atoms. The quantitative estimate of drug-likeness (QED) is 0.510. The zero-order valence-electron chi connectivity index (χ0n) is 16.0. The van der Waals surface area contributed by atoms with E-state index in [0.717, 1.165) is 17.7 Å². The van der Waals surface area contributed by atoms with Gasteiger partial charge in [0, 0.05) is 40.5 Å². The molecule has 0 saturated heterocycles. The summed E-state index contributed by atoms with van der Waals surface area (Å²) in [7, 11) is 0. The molecular weight excluding hydrogens is 435 g/mol. The van der Waals surface area contributed by atoms with E-state index >= 15 is 0 Å². The van der Waals surface area contributed by atoms with Gasteiger partial charge >= 0.3 is 6.18 Å². The van der Waals surface area contributed by atoms with Gasteiger partial charge in [0.2, 0.25) is 17.7 Å². The fourth-order valence-corrected chi connectivity index (χ4v) is 4.90. The Labute approximate surface area is 179 Å². The van der Waals surface area contributed by atoms with E-state index in [0.29, 0.717) is 35.3 Å². The molecule has 0 aliphatic carbocycles. The SMILES string of the molecule is CC1CCN(C(=O)CCc2nnc(-c3ccsc3)o2)c2cc(C(F)(F)F)ccc2S1. The number of carbonyl (C=O) groups is 1. The summed E-state index contributed by atoms with van der Waals surface area (Å²) in [6, 6.07) is 5.45. The molecule has 1 unspecified atom stereocenters. The van der Waals surface area contributed by atoms with Crippen molar-refractivity contribution in [1.29, 1.82) is 0 Å². The maximum absolute atomic E-state index is 13.2. The Morgan fingerprint density at radius 3 is 2.87 bits per heavy atom. The highest BCUT2D eigenvalue weighted by molar-refractivity contribution is 8.00. The summed E-state index contributed by atoms with van der Waals surface area (Å²) < 4.78 is 45.2. The van der Waals surface area contributed by atoms with Gasteiger partial charge in [0.05, 0.1) is 11.3 Å². The molecule has 0 saturated carbocycles. The van der Waals surface area contributed by atoms with Crippen LogP contribution in [0.1, 0.15) is 31.2 Å². The maximum Gasteiger partial charge on any atom is 0.416 e. The minimum Gasteiger partial charge on any atom is -0.421 e. The number of benzene rings is 1. The third-order valence-corrected chi connectivity index (χ3v) is 6.67. The number of anilines is 1. The molecule has 10 heteroatoms. The van der Waals surface area contributed by atoms with Crippen molar-refractivity contribution in [2.24, 2.45) is 0 Å². The molecule has 1 atom stereocenters. The molecular formula is C20H18F3N3O2S2. The Hall–Kier alpha value is -2.33. The molecule has 5 nitrogen and oxygen atoms in total. The van der Waals surface area contributed by atoms with Crippen LogP contribution in [0, 0.1) is 0 Å². The Morgan fingerprint density at radius 2 is 2.13 bits per heavy atom. The lowest BCUT2D eigenvalue weighted by Gasteiger charge is -2.23. The number of nitrogens with zero attached hydrogens (tertiary/aromatic N) is 3. The van der Waals surface area contributed by atoms with Gasteiger partial charge in [-0.15, -0.1) is 22.0 Å². The first-order valence-electron chi connectivity index (χ1n) is 9.34. The summed E-state index contributed by atoms with van der Waals surface area (Å²) >= 11 is 3.00. The topological polar surface area (TPSA) is 59.2 Å². The number of aromatic nitrogens is 2. The average Bonchev–Trinajstić information content (AvgIpc) is 3.35. The van der Waals surface area contributed by atoms with Crippen LogP contribution < -0.4 is 4.90 Å². The summed E-state index contributed by atoms with van der Waals surface area (Å²) in [6.45, 7) is 2.37. The molecule has 3 aromatic rings. The fourth-order valence-electron chi connectivity index (χ4n) is 3.18. The van der Waals surface area contributed by atoms with Gasteiger partial charge in [0.25, 0.3) is 0 Å². The van der Waals surface area contributed by atoms with Crippen LogP contribution in [0.25, 0.3) is 11.5 Å². The highest BCUT2D eigenvalue weighted by atomic mass is 32.2. The van der Waals surface area contributed by atoms with Crippen LogP contribution in [0.5, 0.6) is 0 Å². The van der Waals surface area contributed by atoms with E-state index in [1.807, 2.05) is 23.8 Å². The highest BCUT2D eigenvalue weighted by Crippen LogP contribution is 2.41. The Kier molecular flexibility index (Phi) is 5.88. The first-order chi connectivity index (χ1) is 14.3. The average molecular weight is 454 g/mol. The molecule has 3 heterocycles.